The van der Waals surface area contributed by atoms with E-state index < -0.39 is 77.4 Å². The highest BCUT2D eigenvalue weighted by atomic mass is 16.6. The Kier molecular flexibility index (Phi) is 10.8. The molecule has 3 aliphatic heterocycles. The highest BCUT2D eigenvalue weighted by molar-refractivity contribution is 6.24. The third-order valence-electron chi connectivity index (χ3n) is 12.2. The fraction of sp³-hybridized carbons (Fsp3) is 0.312. The van der Waals surface area contributed by atoms with Crippen molar-refractivity contribution in [3.8, 4) is 17.6 Å². The first-order valence-electron chi connectivity index (χ1n) is 20.1. The maximum Gasteiger partial charge on any atom is 0.329 e. The number of rotatable bonds is 7. The number of nitrogens with one attached hydrogen (secondary N) is 1. The van der Waals surface area contributed by atoms with Crippen LogP contribution in [0.3, 0.4) is 0 Å². The van der Waals surface area contributed by atoms with Gasteiger partial charge in [0, 0.05) is 5.56 Å². The third kappa shape index (κ3) is 6.69. The normalized spacial score (nSPS) is 25.0. The molecule has 0 bridgehead atoms. The van der Waals surface area contributed by atoms with Gasteiger partial charge < -0.3 is 25.0 Å². The number of aliphatic carboxylic acids is 1. The topological polar surface area (TPSA) is 163 Å². The number of esters is 2. The number of nitrogens with zero attached hydrogens (tertiary/aromatic N) is 2. The van der Waals surface area contributed by atoms with Gasteiger partial charge in [0.1, 0.15) is 35.3 Å². The summed E-state index contributed by atoms with van der Waals surface area (Å²) in [4.78, 5) is 75.2. The van der Waals surface area contributed by atoms with E-state index in [4.69, 9.17) is 9.47 Å². The van der Waals surface area contributed by atoms with Crippen molar-refractivity contribution in [3.63, 3.8) is 0 Å². The van der Waals surface area contributed by atoms with E-state index in [9.17, 15) is 29.4 Å². The van der Waals surface area contributed by atoms with Gasteiger partial charge in [-0.15, -0.1) is 0 Å². The number of carboxylic acid groups (broad SMARTS) is 1. The Morgan fingerprint density at radius 1 is 0.867 bits per heavy atom. The molecule has 7 unspecified atom stereocenters. The van der Waals surface area contributed by atoms with Crippen LogP contribution >= 0.6 is 0 Å². The van der Waals surface area contributed by atoms with Crippen LogP contribution < -0.4 is 10.2 Å². The quantitative estimate of drug-likeness (QED) is 0.132. The fourth-order valence-corrected chi connectivity index (χ4v) is 9.55. The number of ether oxygens (including phenoxy) is 2. The molecule has 1 spiro atoms. The average Bonchev–Trinajstić information content (AvgIpc) is 3.72. The molecule has 4 aliphatic rings. The van der Waals surface area contributed by atoms with Crippen LogP contribution in [0, 0.1) is 23.7 Å². The van der Waals surface area contributed by atoms with E-state index in [0.717, 1.165) is 36.2 Å². The molecule has 2 fully saturated rings. The number of phenolic OH excluding ortho intramolecular Hbond substituents is 1. The maximum absolute atomic E-state index is 16.0. The molecule has 0 aromatic heterocycles. The summed E-state index contributed by atoms with van der Waals surface area (Å²) in [6.45, 7) is 3.43. The number of benzene rings is 4. The van der Waals surface area contributed by atoms with Gasteiger partial charge in [0.2, 0.25) is 5.91 Å². The van der Waals surface area contributed by atoms with Crippen molar-refractivity contribution in [2.45, 2.75) is 75.2 Å². The first kappa shape index (κ1) is 40.1. The molecule has 3 heterocycles. The Hall–Kier alpha value is -6.71. The van der Waals surface area contributed by atoms with Crippen LogP contribution in [0.5, 0.6) is 5.75 Å². The molecule has 306 valence electrons. The number of imide groups is 1. The zero-order valence-electron chi connectivity index (χ0n) is 33.4. The molecule has 1 aliphatic carbocycles. The van der Waals surface area contributed by atoms with Crippen LogP contribution in [-0.2, 0) is 34.1 Å². The van der Waals surface area contributed by atoms with E-state index in [1.54, 1.807) is 49.1 Å². The van der Waals surface area contributed by atoms with Gasteiger partial charge in [0.05, 0.1) is 24.9 Å². The Bertz CT molecular complexity index is 2440. The molecule has 7 atom stereocenters. The number of cyclic esters (lactones) is 1. The van der Waals surface area contributed by atoms with Crippen LogP contribution in [-0.4, -0.2) is 64.2 Å². The Labute approximate surface area is 347 Å². The summed E-state index contributed by atoms with van der Waals surface area (Å²) in [5.41, 5.74) is 1.24. The van der Waals surface area contributed by atoms with Crippen molar-refractivity contribution >= 4 is 35.5 Å². The molecule has 2 saturated heterocycles. The molecule has 4 aromatic rings. The van der Waals surface area contributed by atoms with E-state index in [1.165, 1.54) is 19.2 Å². The zero-order valence-corrected chi connectivity index (χ0v) is 33.4. The minimum absolute atomic E-state index is 0.0754. The minimum atomic E-state index is -2.18. The first-order valence-corrected chi connectivity index (χ1v) is 20.1. The van der Waals surface area contributed by atoms with Crippen molar-refractivity contribution in [3.05, 3.63) is 143 Å². The smallest absolute Gasteiger partial charge is 0.329 e. The molecule has 3 N–H and O–H groups in total. The number of urea groups is 1. The average molecular weight is 808 g/mol. The molecular formula is C48H45N3O9. The number of aromatic hydroxyl groups is 1. The van der Waals surface area contributed by atoms with Crippen LogP contribution in [0.15, 0.2) is 115 Å². The molecule has 0 radical (unpaired) electrons. The lowest BCUT2D eigenvalue weighted by Gasteiger charge is -2.46. The summed E-state index contributed by atoms with van der Waals surface area (Å²) in [6, 6.07) is 23.5. The van der Waals surface area contributed by atoms with Gasteiger partial charge in [-0.1, -0.05) is 105 Å². The van der Waals surface area contributed by atoms with Crippen LogP contribution in [0.25, 0.3) is 0 Å². The van der Waals surface area contributed by atoms with E-state index in [1.807, 2.05) is 60.7 Å². The number of anilines is 1. The minimum Gasteiger partial charge on any atom is -0.508 e. The third-order valence-corrected chi connectivity index (χ3v) is 12.2. The first-order chi connectivity index (χ1) is 29.0. The van der Waals surface area contributed by atoms with Gasteiger partial charge >= 0.3 is 23.9 Å². The van der Waals surface area contributed by atoms with E-state index in [-0.39, 0.29) is 17.0 Å². The number of amides is 3. The Morgan fingerprint density at radius 3 is 2.17 bits per heavy atom. The number of fused-ring (bicyclic) bond motifs is 3. The molecule has 0 saturated carbocycles. The van der Waals surface area contributed by atoms with Crippen molar-refractivity contribution in [1.29, 1.82) is 0 Å². The highest BCUT2D eigenvalue weighted by Crippen LogP contribution is 2.66. The van der Waals surface area contributed by atoms with Crippen molar-refractivity contribution in [2.24, 2.45) is 11.8 Å². The number of carbonyl (C=O) groups excluding carboxylic acids is 4. The summed E-state index contributed by atoms with van der Waals surface area (Å²) in [6.07, 6.45) is 4.95. The largest absolute Gasteiger partial charge is 0.508 e. The number of carbonyl (C=O) groups is 5. The predicted octanol–water partition coefficient (Wildman–Crippen LogP) is 6.90. The number of morpholine rings is 1. The molecule has 60 heavy (non-hydrogen) atoms. The monoisotopic (exact) mass is 807 g/mol. The second-order valence-electron chi connectivity index (χ2n) is 16.0. The van der Waals surface area contributed by atoms with Crippen molar-refractivity contribution < 1.29 is 43.7 Å². The molecule has 8 rings (SSSR count). The summed E-state index contributed by atoms with van der Waals surface area (Å²) >= 11 is 0. The number of hydrogen-bond acceptors (Lipinski definition) is 9. The SMILES string of the molecule is COC(=O)C(NC(=O)N1C(=O)C2(c3cc(C#CC4=CCCCC4)ccc31)C(C(=O)O)C1C(=O)OC(c3ccccc3)C(c3ccccc3)N1C2c1ccc(O)cc1)C(C)C. The highest BCUT2D eigenvalue weighted by Gasteiger charge is 2.76. The second kappa shape index (κ2) is 16.2. The van der Waals surface area contributed by atoms with Gasteiger partial charge in [0.25, 0.3) is 0 Å². The predicted molar refractivity (Wildman–Crippen MR) is 220 cm³/mol. The van der Waals surface area contributed by atoms with E-state index >= 15 is 4.79 Å². The second-order valence-corrected chi connectivity index (χ2v) is 16.0. The van der Waals surface area contributed by atoms with Crippen molar-refractivity contribution in [1.82, 2.24) is 10.2 Å². The Balaban J connectivity index is 1.42. The zero-order chi connectivity index (χ0) is 42.3. The summed E-state index contributed by atoms with van der Waals surface area (Å²) in [5, 5.41) is 24.8. The fourth-order valence-electron chi connectivity index (χ4n) is 9.55. The standard InChI is InChI=1S/C48H45N3O9/c1-28(2)38(44(55)59-3)49-47(58)50-36-26-21-30(20-19-29-13-7-4-8-14-29)27-35(36)48(46(50)57)37(43(53)54)40-45(56)60-41(32-17-11-6-12-18-32)39(31-15-9-5-10-16-31)51(40)42(48)33-22-24-34(52)25-23-33/h5-6,9-13,15-18,21-28,37-42,52H,4,7-8,14H2,1-3H3,(H,49,58)(H,53,54). The Morgan fingerprint density at radius 2 is 1.55 bits per heavy atom. The molecular weight excluding hydrogens is 763 g/mol. The summed E-state index contributed by atoms with van der Waals surface area (Å²) < 4.78 is 11.3. The number of hydrogen-bond donors (Lipinski definition) is 3. The lowest BCUT2D eigenvalue weighted by molar-refractivity contribution is -0.179. The van der Waals surface area contributed by atoms with E-state index in [2.05, 4.69) is 23.2 Å². The van der Waals surface area contributed by atoms with Gasteiger partial charge in [-0.05, 0) is 89.8 Å². The van der Waals surface area contributed by atoms with Crippen LogP contribution in [0.2, 0.25) is 0 Å². The molecule has 4 aromatic carbocycles. The van der Waals surface area contributed by atoms with Gasteiger partial charge in [-0.3, -0.25) is 19.3 Å². The lowest BCUT2D eigenvalue weighted by atomic mass is 9.65. The van der Waals surface area contributed by atoms with Gasteiger partial charge in [0.15, 0.2) is 0 Å². The summed E-state index contributed by atoms with van der Waals surface area (Å²) in [5.74, 6) is 0.168. The van der Waals surface area contributed by atoms with Gasteiger partial charge in [-0.25, -0.2) is 14.5 Å². The number of allylic oxidation sites excluding steroid dienone is 2. The van der Waals surface area contributed by atoms with Gasteiger partial charge in [-0.2, -0.15) is 0 Å². The maximum atomic E-state index is 16.0. The van der Waals surface area contributed by atoms with Crippen LogP contribution in [0.4, 0.5) is 10.5 Å². The number of methoxy groups -OCH3 is 1. The van der Waals surface area contributed by atoms with Crippen LogP contribution in [0.1, 0.15) is 85.5 Å². The summed E-state index contributed by atoms with van der Waals surface area (Å²) in [7, 11) is 1.19. The van der Waals surface area contributed by atoms with Crippen molar-refractivity contribution in [2.75, 3.05) is 12.0 Å². The number of carboxylic acids is 1. The molecule has 3 amide bonds. The molecule has 12 nitrogen and oxygen atoms in total. The van der Waals surface area contributed by atoms with E-state index in [0.29, 0.717) is 22.3 Å². The molecule has 12 heteroatoms. The lowest BCUT2D eigenvalue weighted by Crippen LogP contribution is -2.56. The number of phenols is 1.